The molecule has 6 nitrogen and oxygen atoms in total. The summed E-state index contributed by atoms with van der Waals surface area (Å²) in [5.41, 5.74) is -0.895. The Morgan fingerprint density at radius 3 is 1.77 bits per heavy atom. The Labute approximate surface area is 187 Å². The minimum absolute atomic E-state index is 0. The van der Waals surface area contributed by atoms with E-state index >= 15 is 0 Å². The molecule has 0 saturated heterocycles. The minimum Gasteiger partial charge on any atom is -0.351 e. The van der Waals surface area contributed by atoms with E-state index in [1.165, 1.54) is 12.1 Å². The number of aromatic nitrogens is 4. The second kappa shape index (κ2) is 9.59. The number of nitrogens with one attached hydrogen (secondary N) is 2. The summed E-state index contributed by atoms with van der Waals surface area (Å²) >= 11 is 0. The molecule has 2 aromatic rings. The Bertz CT molecular complexity index is 820. The number of rotatable bonds is 7. The third-order valence-corrected chi connectivity index (χ3v) is 5.28. The van der Waals surface area contributed by atoms with Crippen LogP contribution in [-0.4, -0.2) is 32.0 Å². The molecule has 2 fully saturated rings. The standard InChI is InChI=1S/C19H23F3N6.2H2S/c1-10(12-6-7-12)23-17-26-16(14-4-3-5-15(25-14)19(20,21)22)27-18(28-17)24-11(2)13-8-9-13;;/h3-5,10-13H,6-9H2,1-2H3,(H2,23,24,26,27,28);2*1H2/t10-,11-;;/m0../s1. The molecule has 0 aliphatic heterocycles. The first-order valence-corrected chi connectivity index (χ1v) is 9.63. The number of anilines is 2. The molecule has 4 rings (SSSR count). The Morgan fingerprint density at radius 1 is 0.833 bits per heavy atom. The largest absolute Gasteiger partial charge is 0.433 e. The Balaban J connectivity index is 0.00000160. The van der Waals surface area contributed by atoms with Crippen molar-refractivity contribution in [2.45, 2.75) is 57.8 Å². The van der Waals surface area contributed by atoms with Crippen LogP contribution in [0.2, 0.25) is 0 Å². The van der Waals surface area contributed by atoms with Gasteiger partial charge in [-0.25, -0.2) is 4.98 Å². The van der Waals surface area contributed by atoms with Crippen LogP contribution < -0.4 is 10.6 Å². The van der Waals surface area contributed by atoms with Gasteiger partial charge in [0.15, 0.2) is 5.82 Å². The second-order valence-electron chi connectivity index (χ2n) is 7.75. The van der Waals surface area contributed by atoms with Crippen molar-refractivity contribution >= 4 is 38.9 Å². The fraction of sp³-hybridized carbons (Fsp3) is 0.579. The Kier molecular flexibility index (Phi) is 7.84. The topological polar surface area (TPSA) is 75.6 Å². The summed E-state index contributed by atoms with van der Waals surface area (Å²) in [5.74, 6) is 1.99. The lowest BCUT2D eigenvalue weighted by molar-refractivity contribution is -0.141. The molecule has 0 amide bonds. The molecule has 2 saturated carbocycles. The van der Waals surface area contributed by atoms with Crippen molar-refractivity contribution in [3.8, 4) is 11.5 Å². The maximum absolute atomic E-state index is 13.0. The molecule has 166 valence electrons. The predicted octanol–water partition coefficient (Wildman–Crippen LogP) is 4.60. The van der Waals surface area contributed by atoms with Gasteiger partial charge >= 0.3 is 6.18 Å². The van der Waals surface area contributed by atoms with E-state index in [9.17, 15) is 13.2 Å². The number of nitrogens with zero attached hydrogens (tertiary/aromatic N) is 4. The Hall–Kier alpha value is -1.75. The highest BCUT2D eigenvalue weighted by Gasteiger charge is 2.33. The van der Waals surface area contributed by atoms with Crippen molar-refractivity contribution in [2.75, 3.05) is 10.6 Å². The quantitative estimate of drug-likeness (QED) is 0.629. The summed E-state index contributed by atoms with van der Waals surface area (Å²) in [6.07, 6.45) is 0.110. The van der Waals surface area contributed by atoms with Gasteiger partial charge in [0.05, 0.1) is 0 Å². The van der Waals surface area contributed by atoms with Crippen LogP contribution in [0.5, 0.6) is 0 Å². The number of pyridine rings is 1. The maximum Gasteiger partial charge on any atom is 0.433 e. The van der Waals surface area contributed by atoms with Gasteiger partial charge in [-0.15, -0.1) is 0 Å². The molecule has 2 atom stereocenters. The summed E-state index contributed by atoms with van der Waals surface area (Å²) in [6, 6.07) is 4.12. The van der Waals surface area contributed by atoms with Gasteiger partial charge in [-0.2, -0.15) is 55.1 Å². The average Bonchev–Trinajstić information content (AvgIpc) is 3.53. The molecule has 2 aliphatic carbocycles. The van der Waals surface area contributed by atoms with Crippen molar-refractivity contribution in [3.05, 3.63) is 23.9 Å². The number of hydrogen-bond acceptors (Lipinski definition) is 6. The van der Waals surface area contributed by atoms with Crippen molar-refractivity contribution in [2.24, 2.45) is 11.8 Å². The second-order valence-corrected chi connectivity index (χ2v) is 7.75. The summed E-state index contributed by atoms with van der Waals surface area (Å²) in [4.78, 5) is 16.8. The SMILES string of the molecule is C[C@H](Nc1nc(N[C@@H](C)C2CC2)nc(-c2cccc(C(F)(F)F)n2)n1)C1CC1.S.S. The van der Waals surface area contributed by atoms with Gasteiger partial charge in [0, 0.05) is 12.1 Å². The van der Waals surface area contributed by atoms with E-state index in [-0.39, 0.29) is 50.6 Å². The zero-order valence-corrected chi connectivity index (χ0v) is 18.8. The molecule has 0 spiro atoms. The molecule has 0 aromatic carbocycles. The number of halogens is 3. The van der Waals surface area contributed by atoms with Crippen LogP contribution in [0.3, 0.4) is 0 Å². The molecular weight excluding hydrogens is 433 g/mol. The van der Waals surface area contributed by atoms with Crippen molar-refractivity contribution in [3.63, 3.8) is 0 Å². The predicted molar refractivity (Wildman–Crippen MR) is 120 cm³/mol. The summed E-state index contributed by atoms with van der Waals surface area (Å²) < 4.78 is 39.1. The smallest absolute Gasteiger partial charge is 0.351 e. The van der Waals surface area contributed by atoms with E-state index in [1.807, 2.05) is 0 Å². The van der Waals surface area contributed by atoms with E-state index in [1.54, 1.807) is 0 Å². The van der Waals surface area contributed by atoms with Crippen LogP contribution in [0.15, 0.2) is 18.2 Å². The maximum atomic E-state index is 13.0. The van der Waals surface area contributed by atoms with Gasteiger partial charge in [0.25, 0.3) is 0 Å². The van der Waals surface area contributed by atoms with Gasteiger partial charge in [0.2, 0.25) is 11.9 Å². The number of alkyl halides is 3. The van der Waals surface area contributed by atoms with Gasteiger partial charge < -0.3 is 10.6 Å². The lowest BCUT2D eigenvalue weighted by Crippen LogP contribution is -2.23. The molecule has 2 N–H and O–H groups in total. The van der Waals surface area contributed by atoms with Gasteiger partial charge in [0.1, 0.15) is 11.4 Å². The summed E-state index contributed by atoms with van der Waals surface area (Å²) in [5, 5.41) is 6.53. The van der Waals surface area contributed by atoms with Crippen LogP contribution in [0.4, 0.5) is 25.1 Å². The van der Waals surface area contributed by atoms with Gasteiger partial charge in [-0.3, -0.25) is 0 Å². The van der Waals surface area contributed by atoms with E-state index < -0.39 is 11.9 Å². The Morgan fingerprint density at radius 2 is 1.33 bits per heavy atom. The normalized spacial score (nSPS) is 17.9. The highest BCUT2D eigenvalue weighted by Crippen LogP contribution is 2.35. The van der Waals surface area contributed by atoms with Crippen LogP contribution in [0, 0.1) is 11.8 Å². The first-order chi connectivity index (χ1) is 13.3. The van der Waals surface area contributed by atoms with E-state index in [0.29, 0.717) is 23.7 Å². The molecule has 2 aromatic heterocycles. The number of hydrogen-bond donors (Lipinski definition) is 2. The monoisotopic (exact) mass is 460 g/mol. The van der Waals surface area contributed by atoms with E-state index in [4.69, 9.17) is 0 Å². The van der Waals surface area contributed by atoms with Crippen molar-refractivity contribution in [1.29, 1.82) is 0 Å². The molecule has 2 aliphatic rings. The average molecular weight is 461 g/mol. The fourth-order valence-electron chi connectivity index (χ4n) is 3.17. The molecule has 0 unspecified atom stereocenters. The molecule has 0 radical (unpaired) electrons. The molecular formula is C19H27F3N6S2. The molecule has 2 heterocycles. The third kappa shape index (κ3) is 6.13. The van der Waals surface area contributed by atoms with Gasteiger partial charge in [-0.05, 0) is 63.5 Å². The first kappa shape index (κ1) is 24.5. The van der Waals surface area contributed by atoms with E-state index in [0.717, 1.165) is 31.7 Å². The van der Waals surface area contributed by atoms with Crippen molar-refractivity contribution in [1.82, 2.24) is 19.9 Å². The highest BCUT2D eigenvalue weighted by molar-refractivity contribution is 7.59. The third-order valence-electron chi connectivity index (χ3n) is 5.28. The van der Waals surface area contributed by atoms with Gasteiger partial charge in [-0.1, -0.05) is 6.07 Å². The zero-order valence-electron chi connectivity index (χ0n) is 16.8. The van der Waals surface area contributed by atoms with Crippen LogP contribution >= 0.6 is 27.0 Å². The zero-order chi connectivity index (χ0) is 19.9. The summed E-state index contributed by atoms with van der Waals surface area (Å²) in [7, 11) is 0. The lowest BCUT2D eigenvalue weighted by atomic mass is 10.2. The fourth-order valence-corrected chi connectivity index (χ4v) is 3.17. The van der Waals surface area contributed by atoms with Crippen LogP contribution in [-0.2, 0) is 6.18 Å². The molecule has 11 heteroatoms. The summed E-state index contributed by atoms with van der Waals surface area (Å²) in [6.45, 7) is 4.12. The van der Waals surface area contributed by atoms with Crippen molar-refractivity contribution < 1.29 is 13.2 Å². The molecule has 30 heavy (non-hydrogen) atoms. The van der Waals surface area contributed by atoms with Crippen LogP contribution in [0.25, 0.3) is 11.5 Å². The first-order valence-electron chi connectivity index (χ1n) is 9.63. The van der Waals surface area contributed by atoms with E-state index in [2.05, 4.69) is 44.4 Å². The minimum atomic E-state index is -4.52. The lowest BCUT2D eigenvalue weighted by Gasteiger charge is -2.17. The molecule has 0 bridgehead atoms. The highest BCUT2D eigenvalue weighted by atomic mass is 32.1. The van der Waals surface area contributed by atoms with Crippen LogP contribution in [0.1, 0.15) is 45.2 Å².